The van der Waals surface area contributed by atoms with Crippen molar-refractivity contribution in [1.29, 1.82) is 0 Å². The second-order valence-corrected chi connectivity index (χ2v) is 7.67. The number of hydrogen-bond acceptors (Lipinski definition) is 3. The van der Waals surface area contributed by atoms with Crippen molar-refractivity contribution in [3.05, 3.63) is 0 Å². The van der Waals surface area contributed by atoms with Crippen molar-refractivity contribution in [3.8, 4) is 0 Å². The molecule has 1 fully saturated rings. The lowest BCUT2D eigenvalue weighted by Gasteiger charge is -2.34. The first kappa shape index (κ1) is 15.0. The molecule has 0 amide bonds. The summed E-state index contributed by atoms with van der Waals surface area (Å²) < 4.78 is 23.3. The highest BCUT2D eigenvalue weighted by Crippen LogP contribution is 2.31. The number of hydrogen-bond donors (Lipinski definition) is 1. The van der Waals surface area contributed by atoms with Crippen LogP contribution in [0.1, 0.15) is 52.4 Å². The Kier molecular flexibility index (Phi) is 5.93. The van der Waals surface area contributed by atoms with E-state index in [1.54, 1.807) is 0 Å². The van der Waals surface area contributed by atoms with Crippen molar-refractivity contribution >= 4 is 9.84 Å². The van der Waals surface area contributed by atoms with Gasteiger partial charge in [-0.1, -0.05) is 20.3 Å². The van der Waals surface area contributed by atoms with E-state index in [-0.39, 0.29) is 5.25 Å². The van der Waals surface area contributed by atoms with Gasteiger partial charge < -0.3 is 5.32 Å². The van der Waals surface area contributed by atoms with Crippen LogP contribution in [-0.4, -0.2) is 32.5 Å². The molecule has 0 heterocycles. The van der Waals surface area contributed by atoms with E-state index in [9.17, 15) is 8.42 Å². The molecular weight excluding hydrogens is 234 g/mol. The fourth-order valence-electron chi connectivity index (χ4n) is 2.91. The Morgan fingerprint density at radius 1 is 1.29 bits per heavy atom. The fourth-order valence-corrected chi connectivity index (χ4v) is 4.10. The molecule has 0 aromatic carbocycles. The summed E-state index contributed by atoms with van der Waals surface area (Å²) in [6.45, 7) is 5.40. The van der Waals surface area contributed by atoms with E-state index < -0.39 is 9.84 Å². The summed E-state index contributed by atoms with van der Waals surface area (Å²) in [5, 5.41) is 3.47. The first-order valence-electron chi connectivity index (χ1n) is 6.91. The number of sulfone groups is 1. The standard InChI is InChI=1S/C13H27NO2S/c1-4-9-14-13(5-2)11-7-6-8-12(10-11)17(3,15)16/h11-14H,4-10H2,1-3H3. The van der Waals surface area contributed by atoms with Gasteiger partial charge in [-0.2, -0.15) is 0 Å². The minimum atomic E-state index is -2.85. The Morgan fingerprint density at radius 3 is 2.53 bits per heavy atom. The fraction of sp³-hybridized carbons (Fsp3) is 1.00. The van der Waals surface area contributed by atoms with Crippen molar-refractivity contribution in [2.45, 2.75) is 63.7 Å². The molecule has 0 aromatic rings. The first-order valence-corrected chi connectivity index (χ1v) is 8.86. The quantitative estimate of drug-likeness (QED) is 0.798. The largest absolute Gasteiger partial charge is 0.314 e. The Hall–Kier alpha value is -0.0900. The van der Waals surface area contributed by atoms with Gasteiger partial charge in [0.2, 0.25) is 0 Å². The summed E-state index contributed by atoms with van der Waals surface area (Å²) in [5.41, 5.74) is 0. The molecule has 4 heteroatoms. The van der Waals surface area contributed by atoms with E-state index in [0.717, 1.165) is 38.6 Å². The Bertz CT molecular complexity index is 313. The molecule has 0 radical (unpaired) electrons. The maximum Gasteiger partial charge on any atom is 0.150 e. The van der Waals surface area contributed by atoms with Gasteiger partial charge in [-0.15, -0.1) is 0 Å². The zero-order chi connectivity index (χ0) is 12.9. The third-order valence-corrected chi connectivity index (χ3v) is 5.58. The monoisotopic (exact) mass is 261 g/mol. The van der Waals surface area contributed by atoms with Gasteiger partial charge in [0, 0.05) is 12.3 Å². The van der Waals surface area contributed by atoms with Gasteiger partial charge in [0.15, 0.2) is 0 Å². The predicted octanol–water partition coefficient (Wildman–Crippen LogP) is 2.37. The Balaban J connectivity index is 2.58. The molecule has 1 aliphatic rings. The average Bonchev–Trinajstić information content (AvgIpc) is 2.29. The van der Waals surface area contributed by atoms with Crippen LogP contribution >= 0.6 is 0 Å². The minimum Gasteiger partial charge on any atom is -0.314 e. The van der Waals surface area contributed by atoms with E-state index in [2.05, 4.69) is 19.2 Å². The molecule has 17 heavy (non-hydrogen) atoms. The highest BCUT2D eigenvalue weighted by Gasteiger charge is 2.32. The van der Waals surface area contributed by atoms with Crippen LogP contribution in [0.4, 0.5) is 0 Å². The number of rotatable bonds is 6. The van der Waals surface area contributed by atoms with Crippen LogP contribution in [0.25, 0.3) is 0 Å². The molecule has 0 aromatic heterocycles. The van der Waals surface area contributed by atoms with Crippen LogP contribution in [0.2, 0.25) is 0 Å². The van der Waals surface area contributed by atoms with E-state index in [1.165, 1.54) is 12.7 Å². The van der Waals surface area contributed by atoms with E-state index in [1.807, 2.05) is 0 Å². The van der Waals surface area contributed by atoms with Crippen LogP contribution in [0.3, 0.4) is 0 Å². The zero-order valence-corrected chi connectivity index (χ0v) is 12.2. The van der Waals surface area contributed by atoms with Gasteiger partial charge in [-0.3, -0.25) is 0 Å². The van der Waals surface area contributed by atoms with Gasteiger partial charge in [-0.05, 0) is 44.6 Å². The Morgan fingerprint density at radius 2 is 2.00 bits per heavy atom. The zero-order valence-electron chi connectivity index (χ0n) is 11.4. The SMILES string of the molecule is CCCNC(CC)C1CCCC(S(C)(=O)=O)C1. The second kappa shape index (κ2) is 6.74. The minimum absolute atomic E-state index is 0.0984. The summed E-state index contributed by atoms with van der Waals surface area (Å²) in [6.07, 6.45) is 7.59. The van der Waals surface area contributed by atoms with E-state index >= 15 is 0 Å². The van der Waals surface area contributed by atoms with Gasteiger partial charge in [-0.25, -0.2) is 8.42 Å². The van der Waals surface area contributed by atoms with Crippen molar-refractivity contribution in [2.75, 3.05) is 12.8 Å². The molecule has 3 atom stereocenters. The lowest BCUT2D eigenvalue weighted by molar-refractivity contribution is 0.264. The first-order chi connectivity index (χ1) is 7.99. The van der Waals surface area contributed by atoms with Crippen molar-refractivity contribution in [1.82, 2.24) is 5.32 Å². The molecule has 0 aliphatic heterocycles. The normalized spacial score (nSPS) is 27.9. The third kappa shape index (κ3) is 4.59. The van der Waals surface area contributed by atoms with Gasteiger partial charge in [0.1, 0.15) is 9.84 Å². The molecule has 3 nitrogen and oxygen atoms in total. The maximum absolute atomic E-state index is 11.6. The second-order valence-electron chi connectivity index (χ2n) is 5.35. The van der Waals surface area contributed by atoms with E-state index in [0.29, 0.717) is 12.0 Å². The smallest absolute Gasteiger partial charge is 0.150 e. The predicted molar refractivity (Wildman–Crippen MR) is 73.0 cm³/mol. The van der Waals surface area contributed by atoms with Gasteiger partial charge >= 0.3 is 0 Å². The van der Waals surface area contributed by atoms with Crippen molar-refractivity contribution in [3.63, 3.8) is 0 Å². The molecule has 1 N–H and O–H groups in total. The molecule has 0 spiro atoms. The van der Waals surface area contributed by atoms with Crippen LogP contribution in [0.5, 0.6) is 0 Å². The third-order valence-electron chi connectivity index (χ3n) is 3.94. The molecular formula is C13H27NO2S. The van der Waals surface area contributed by atoms with Crippen LogP contribution in [0, 0.1) is 5.92 Å². The molecule has 0 bridgehead atoms. The highest BCUT2D eigenvalue weighted by molar-refractivity contribution is 7.91. The van der Waals surface area contributed by atoms with Gasteiger partial charge in [0.25, 0.3) is 0 Å². The molecule has 3 unspecified atom stereocenters. The molecule has 1 rings (SSSR count). The summed E-state index contributed by atoms with van der Waals surface area (Å²) in [4.78, 5) is 0. The lowest BCUT2D eigenvalue weighted by atomic mass is 9.82. The topological polar surface area (TPSA) is 46.2 Å². The van der Waals surface area contributed by atoms with Crippen LogP contribution in [-0.2, 0) is 9.84 Å². The highest BCUT2D eigenvalue weighted by atomic mass is 32.2. The Labute approximate surface area is 106 Å². The molecule has 102 valence electrons. The van der Waals surface area contributed by atoms with Crippen molar-refractivity contribution < 1.29 is 8.42 Å². The molecule has 1 aliphatic carbocycles. The van der Waals surface area contributed by atoms with E-state index in [4.69, 9.17) is 0 Å². The van der Waals surface area contributed by atoms with Crippen LogP contribution < -0.4 is 5.32 Å². The summed E-state index contributed by atoms with van der Waals surface area (Å²) in [6, 6.07) is 0.500. The molecule has 1 saturated carbocycles. The summed E-state index contributed by atoms with van der Waals surface area (Å²) >= 11 is 0. The van der Waals surface area contributed by atoms with Gasteiger partial charge in [0.05, 0.1) is 5.25 Å². The molecule has 0 saturated heterocycles. The maximum atomic E-state index is 11.6. The average molecular weight is 261 g/mol. The summed E-state index contributed by atoms with van der Waals surface area (Å²) in [5.74, 6) is 0.542. The van der Waals surface area contributed by atoms with Crippen LogP contribution in [0.15, 0.2) is 0 Å². The number of nitrogens with one attached hydrogen (secondary N) is 1. The summed E-state index contributed by atoms with van der Waals surface area (Å²) in [7, 11) is -2.85. The van der Waals surface area contributed by atoms with Crippen molar-refractivity contribution in [2.24, 2.45) is 5.92 Å². The lowest BCUT2D eigenvalue weighted by Crippen LogP contribution is -2.41.